The number of halogens is 2. The summed E-state index contributed by atoms with van der Waals surface area (Å²) in [6.45, 7) is 3.82. The van der Waals surface area contributed by atoms with Crippen LogP contribution in [-0.2, 0) is 21.7 Å². The average Bonchev–Trinajstić information content (AvgIpc) is 2.89. The Hall–Kier alpha value is -0.560. The summed E-state index contributed by atoms with van der Waals surface area (Å²) in [7, 11) is 3.49. The minimum atomic E-state index is -1.31. The van der Waals surface area contributed by atoms with Crippen LogP contribution in [0, 0.1) is 11.3 Å². The fourth-order valence-corrected chi connectivity index (χ4v) is 5.91. The molecule has 5 nitrogen and oxygen atoms in total. The highest BCUT2D eigenvalue weighted by Crippen LogP contribution is 2.40. The van der Waals surface area contributed by atoms with Gasteiger partial charge in [-0.1, -0.05) is 24.9 Å². The van der Waals surface area contributed by atoms with E-state index in [0.717, 1.165) is 16.6 Å². The van der Waals surface area contributed by atoms with Crippen molar-refractivity contribution < 1.29 is 9.35 Å². The summed E-state index contributed by atoms with van der Waals surface area (Å²) in [5.74, 6) is 0.160. The summed E-state index contributed by atoms with van der Waals surface area (Å²) in [5, 5.41) is 9.79. The van der Waals surface area contributed by atoms with Crippen LogP contribution in [0.2, 0.25) is 5.02 Å². The number of carbonyl (C=O) groups excluding carboxylic acids is 1. The molecule has 0 radical (unpaired) electrons. The highest BCUT2D eigenvalue weighted by atomic mass is 79.9. The molecule has 0 saturated heterocycles. The van der Waals surface area contributed by atoms with E-state index in [2.05, 4.69) is 20.7 Å². The lowest BCUT2D eigenvalue weighted by molar-refractivity contribution is -0.116. The molecule has 0 fully saturated rings. The van der Waals surface area contributed by atoms with E-state index in [1.54, 1.807) is 32.0 Å². The molecule has 0 aliphatic carbocycles. The Morgan fingerprint density at radius 3 is 2.73 bits per heavy atom. The van der Waals surface area contributed by atoms with Gasteiger partial charge < -0.3 is 9.45 Å². The highest BCUT2D eigenvalue weighted by Gasteiger charge is 2.38. The molecule has 1 aromatic rings. The summed E-state index contributed by atoms with van der Waals surface area (Å²) < 4.78 is 16.3. The molecular weight excluding hydrogens is 458 g/mol. The number of ketones is 1. The molecule has 9 heteroatoms. The molecule has 1 rings (SSSR count). The summed E-state index contributed by atoms with van der Waals surface area (Å²) in [4.78, 5) is 15.1. The van der Waals surface area contributed by atoms with Gasteiger partial charge in [0.1, 0.15) is 22.9 Å². The van der Waals surface area contributed by atoms with E-state index in [0.29, 0.717) is 15.7 Å². The van der Waals surface area contributed by atoms with Gasteiger partial charge in [0.2, 0.25) is 0 Å². The number of rotatable bonds is 10. The number of hydrogen-bond donors (Lipinski definition) is 1. The number of nitrogens with one attached hydrogen (secondary N) is 1. The van der Waals surface area contributed by atoms with Gasteiger partial charge in [0.25, 0.3) is 0 Å². The molecular formula is C17H23BrClN3O2S2. The van der Waals surface area contributed by atoms with Crippen molar-refractivity contribution in [2.24, 2.45) is 0 Å². The Morgan fingerprint density at radius 1 is 1.62 bits per heavy atom. The standard InChI is InChI=1S/C17H23BrClN3O2S2/c1-5-6-7-26(24)21-17(2,16-13(19)8-15(18)25-16)9-14(23)12(10-20)11-22(3)4/h8,11,21H,5-7,9H2,1-4H3/b12-11+/t17-,26+/m0/s1. The predicted molar refractivity (Wildman–Crippen MR) is 112 cm³/mol. The van der Waals surface area contributed by atoms with E-state index >= 15 is 0 Å². The second-order valence-electron chi connectivity index (χ2n) is 6.28. The summed E-state index contributed by atoms with van der Waals surface area (Å²) in [6, 6.07) is 3.69. The average molecular weight is 481 g/mol. The summed E-state index contributed by atoms with van der Waals surface area (Å²) in [5.41, 5.74) is -0.889. The van der Waals surface area contributed by atoms with Crippen molar-refractivity contribution in [2.75, 3.05) is 19.8 Å². The number of allylic oxidation sites excluding steroid dienone is 1. The molecule has 26 heavy (non-hydrogen) atoms. The normalized spacial score (nSPS) is 15.2. The molecule has 1 N–H and O–H groups in total. The van der Waals surface area contributed by atoms with E-state index < -0.39 is 16.9 Å². The zero-order valence-electron chi connectivity index (χ0n) is 15.3. The molecule has 0 unspecified atom stereocenters. The molecule has 1 aromatic heterocycles. The quantitative estimate of drug-likeness (QED) is 0.306. The van der Waals surface area contributed by atoms with Crippen LogP contribution in [-0.4, -0.2) is 35.1 Å². The van der Waals surface area contributed by atoms with Crippen molar-refractivity contribution in [3.05, 3.63) is 31.5 Å². The van der Waals surface area contributed by atoms with Crippen LogP contribution in [0.1, 0.15) is 38.0 Å². The molecule has 0 saturated carbocycles. The van der Waals surface area contributed by atoms with Crippen LogP contribution in [0.4, 0.5) is 0 Å². The number of hydrogen-bond acceptors (Lipinski definition) is 6. The molecule has 0 spiro atoms. The predicted octanol–water partition coefficient (Wildman–Crippen LogP) is 4.36. The van der Waals surface area contributed by atoms with E-state index in [1.807, 2.05) is 13.0 Å². The SMILES string of the molecule is CCCC[S@@+]([O-])N[C@@](C)(CC(=O)/C(C#N)=C/N(C)C)c1sc(Br)cc1Cl. The monoisotopic (exact) mass is 479 g/mol. The van der Waals surface area contributed by atoms with Gasteiger partial charge in [0.15, 0.2) is 5.78 Å². The Morgan fingerprint density at radius 2 is 2.27 bits per heavy atom. The van der Waals surface area contributed by atoms with E-state index in [4.69, 9.17) is 11.6 Å². The maximum Gasteiger partial charge on any atom is 0.177 e. The first-order valence-corrected chi connectivity index (χ1v) is 11.4. The molecule has 0 aliphatic rings. The lowest BCUT2D eigenvalue weighted by Gasteiger charge is -2.29. The van der Waals surface area contributed by atoms with Gasteiger partial charge in [0.05, 0.1) is 8.81 Å². The largest absolute Gasteiger partial charge is 0.598 e. The van der Waals surface area contributed by atoms with E-state index in [-0.39, 0.29) is 17.8 Å². The van der Waals surface area contributed by atoms with Gasteiger partial charge in [-0.3, -0.25) is 4.79 Å². The zero-order valence-corrected chi connectivity index (χ0v) is 19.2. The zero-order chi connectivity index (χ0) is 19.9. The Balaban J connectivity index is 3.18. The van der Waals surface area contributed by atoms with E-state index in [1.165, 1.54) is 17.5 Å². The Kier molecular flexibility index (Phi) is 9.65. The van der Waals surface area contributed by atoms with Gasteiger partial charge >= 0.3 is 0 Å². The maximum atomic E-state index is 12.7. The molecule has 0 bridgehead atoms. The molecule has 2 atom stereocenters. The highest BCUT2D eigenvalue weighted by molar-refractivity contribution is 9.11. The number of unbranched alkanes of at least 4 members (excludes halogenated alkanes) is 1. The van der Waals surface area contributed by atoms with Gasteiger partial charge in [-0.05, 0) is 35.3 Å². The van der Waals surface area contributed by atoms with Crippen LogP contribution in [0.5, 0.6) is 0 Å². The second-order valence-corrected chi connectivity index (χ2v) is 10.4. The smallest absolute Gasteiger partial charge is 0.177 e. The minimum Gasteiger partial charge on any atom is -0.598 e. The molecule has 1 heterocycles. The van der Waals surface area contributed by atoms with Crippen molar-refractivity contribution in [1.29, 1.82) is 5.26 Å². The number of nitrogens with zero attached hydrogens (tertiary/aromatic N) is 2. The number of carbonyl (C=O) groups is 1. The van der Waals surface area contributed by atoms with Crippen LogP contribution in [0.15, 0.2) is 21.6 Å². The Bertz CT molecular complexity index is 703. The van der Waals surface area contributed by atoms with Gasteiger partial charge in [-0.25, -0.2) is 0 Å². The first-order chi connectivity index (χ1) is 12.1. The van der Waals surface area contributed by atoms with Gasteiger partial charge in [-0.2, -0.15) is 5.26 Å². The van der Waals surface area contributed by atoms with Crippen LogP contribution >= 0.6 is 38.9 Å². The first kappa shape index (κ1) is 23.5. The van der Waals surface area contributed by atoms with Crippen molar-refractivity contribution in [2.45, 2.75) is 38.6 Å². The lowest BCUT2D eigenvalue weighted by atomic mass is 9.92. The molecule has 0 amide bonds. The van der Waals surface area contributed by atoms with Crippen molar-refractivity contribution >= 4 is 56.0 Å². The van der Waals surface area contributed by atoms with Crippen LogP contribution in [0.25, 0.3) is 0 Å². The third-order valence-electron chi connectivity index (χ3n) is 3.50. The number of nitriles is 1. The third kappa shape index (κ3) is 6.87. The van der Waals surface area contributed by atoms with Crippen molar-refractivity contribution in [3.63, 3.8) is 0 Å². The number of Topliss-reactive ketones (excluding diaryl/α,β-unsaturated/α-hetero) is 1. The molecule has 0 aliphatic heterocycles. The summed E-state index contributed by atoms with van der Waals surface area (Å²) >= 11 is 9.81. The third-order valence-corrected chi connectivity index (χ3v) is 7.15. The van der Waals surface area contributed by atoms with Crippen molar-refractivity contribution in [1.82, 2.24) is 9.62 Å². The Labute approximate surface area is 175 Å². The van der Waals surface area contributed by atoms with Crippen molar-refractivity contribution in [3.8, 4) is 6.07 Å². The summed E-state index contributed by atoms with van der Waals surface area (Å²) in [6.07, 6.45) is 3.21. The van der Waals surface area contributed by atoms with Crippen LogP contribution < -0.4 is 4.72 Å². The molecule has 144 valence electrons. The topological polar surface area (TPSA) is 79.2 Å². The lowest BCUT2D eigenvalue weighted by Crippen LogP contribution is -2.45. The second kappa shape index (κ2) is 10.7. The maximum absolute atomic E-state index is 12.7. The van der Waals surface area contributed by atoms with Gasteiger partial charge in [0, 0.05) is 43.0 Å². The fourth-order valence-electron chi connectivity index (χ4n) is 2.30. The number of thiophene rings is 1. The van der Waals surface area contributed by atoms with E-state index in [9.17, 15) is 14.6 Å². The minimum absolute atomic E-state index is 0.0230. The fraction of sp³-hybridized carbons (Fsp3) is 0.529. The first-order valence-electron chi connectivity index (χ1n) is 8.06. The van der Waals surface area contributed by atoms with Crippen LogP contribution in [0.3, 0.4) is 0 Å². The molecule has 0 aromatic carbocycles. The van der Waals surface area contributed by atoms with Gasteiger partial charge in [-0.15, -0.1) is 16.1 Å².